The lowest BCUT2D eigenvalue weighted by Gasteiger charge is -2.28. The first-order chi connectivity index (χ1) is 10.8. The Morgan fingerprint density at radius 1 is 1.09 bits per heavy atom. The smallest absolute Gasteiger partial charge is 0.194 e. The number of fused-ring (bicyclic) bond motifs is 1. The summed E-state index contributed by atoms with van der Waals surface area (Å²) in [4.78, 5) is 6.60. The number of anilines is 1. The maximum absolute atomic E-state index is 6.09. The molecule has 1 aromatic carbocycles. The van der Waals surface area contributed by atoms with Crippen molar-refractivity contribution in [2.45, 2.75) is 11.8 Å². The van der Waals surface area contributed by atoms with Crippen molar-refractivity contribution in [3.63, 3.8) is 0 Å². The monoisotopic (exact) mass is 329 g/mol. The average molecular weight is 330 g/mol. The van der Waals surface area contributed by atoms with Gasteiger partial charge in [0.1, 0.15) is 12.5 Å². The number of hydrogen-bond donors (Lipinski definition) is 0. The van der Waals surface area contributed by atoms with Gasteiger partial charge in [-0.2, -0.15) is 0 Å². The number of nitrogens with zero attached hydrogens (tertiary/aromatic N) is 5. The van der Waals surface area contributed by atoms with E-state index in [1.54, 1.807) is 18.0 Å². The second-order valence-corrected chi connectivity index (χ2v) is 6.24. The second-order valence-electron chi connectivity index (χ2n) is 4.89. The molecule has 3 heterocycles. The summed E-state index contributed by atoms with van der Waals surface area (Å²) >= 11 is 7.74. The van der Waals surface area contributed by atoms with Crippen LogP contribution in [-0.2, 0) is 6.67 Å². The van der Waals surface area contributed by atoms with Gasteiger partial charge in [-0.25, -0.2) is 4.98 Å². The Labute approximate surface area is 137 Å². The van der Waals surface area contributed by atoms with Crippen LogP contribution in [-0.4, -0.2) is 25.6 Å². The highest BCUT2D eigenvalue weighted by Gasteiger charge is 2.23. The molecule has 3 aromatic rings. The average Bonchev–Trinajstić information content (AvgIpc) is 2.99. The Bertz CT molecular complexity index is 805. The Kier molecular flexibility index (Phi) is 3.48. The third-order valence-corrected chi connectivity index (χ3v) is 4.67. The molecular weight excluding hydrogens is 318 g/mol. The van der Waals surface area contributed by atoms with Crippen molar-refractivity contribution >= 4 is 29.2 Å². The minimum atomic E-state index is 0.675. The topological polar surface area (TPSA) is 46.8 Å². The summed E-state index contributed by atoms with van der Waals surface area (Å²) in [5.41, 5.74) is 0.967. The number of thioether (sulfide) groups is 1. The number of benzene rings is 1. The van der Waals surface area contributed by atoms with Gasteiger partial charge in [0.25, 0.3) is 0 Å². The van der Waals surface area contributed by atoms with Crippen LogP contribution < -0.4 is 4.90 Å². The zero-order chi connectivity index (χ0) is 14.9. The Hall–Kier alpha value is -2.05. The molecule has 4 rings (SSSR count). The van der Waals surface area contributed by atoms with Crippen LogP contribution >= 0.6 is 23.4 Å². The van der Waals surface area contributed by atoms with Gasteiger partial charge < -0.3 is 4.90 Å². The highest BCUT2D eigenvalue weighted by atomic mass is 35.5. The van der Waals surface area contributed by atoms with E-state index in [2.05, 4.69) is 24.6 Å². The van der Waals surface area contributed by atoms with Gasteiger partial charge in [0, 0.05) is 16.8 Å². The highest BCUT2D eigenvalue weighted by Crippen LogP contribution is 2.31. The fourth-order valence-corrected chi connectivity index (χ4v) is 3.46. The molecule has 0 N–H and O–H groups in total. The zero-order valence-corrected chi connectivity index (χ0v) is 13.1. The van der Waals surface area contributed by atoms with Gasteiger partial charge in [-0.3, -0.25) is 4.57 Å². The van der Waals surface area contributed by atoms with Gasteiger partial charge in [0.15, 0.2) is 11.0 Å². The molecule has 0 bridgehead atoms. The fourth-order valence-electron chi connectivity index (χ4n) is 2.39. The van der Waals surface area contributed by atoms with Crippen LogP contribution in [0.25, 0.3) is 11.4 Å². The van der Waals surface area contributed by atoms with Crippen LogP contribution in [0.1, 0.15) is 0 Å². The largest absolute Gasteiger partial charge is 0.329 e. The Balaban J connectivity index is 1.71. The molecule has 0 unspecified atom stereocenters. The molecule has 0 atom stereocenters. The first kappa shape index (κ1) is 13.6. The molecule has 5 nitrogen and oxygen atoms in total. The van der Waals surface area contributed by atoms with Crippen molar-refractivity contribution in [2.75, 3.05) is 10.8 Å². The van der Waals surface area contributed by atoms with Gasteiger partial charge in [0.2, 0.25) is 0 Å². The molecule has 0 fully saturated rings. The lowest BCUT2D eigenvalue weighted by atomic mass is 10.2. The molecule has 0 aliphatic carbocycles. The van der Waals surface area contributed by atoms with Gasteiger partial charge in [-0.15, -0.1) is 10.2 Å². The summed E-state index contributed by atoms with van der Waals surface area (Å²) in [5, 5.41) is 10.2. The molecule has 2 aromatic heterocycles. The summed E-state index contributed by atoms with van der Waals surface area (Å²) in [6.45, 7) is 0.675. The number of halogens is 1. The minimum Gasteiger partial charge on any atom is -0.329 e. The van der Waals surface area contributed by atoms with E-state index in [0.717, 1.165) is 28.2 Å². The van der Waals surface area contributed by atoms with Crippen molar-refractivity contribution in [3.8, 4) is 11.4 Å². The van der Waals surface area contributed by atoms with Crippen LogP contribution in [0.15, 0.2) is 53.8 Å². The molecule has 0 spiro atoms. The summed E-state index contributed by atoms with van der Waals surface area (Å²) in [7, 11) is 0. The molecule has 1 aliphatic heterocycles. The molecule has 22 heavy (non-hydrogen) atoms. The summed E-state index contributed by atoms with van der Waals surface area (Å²) in [6, 6.07) is 13.6. The Morgan fingerprint density at radius 3 is 2.86 bits per heavy atom. The summed E-state index contributed by atoms with van der Waals surface area (Å²) < 4.78 is 2.09. The van der Waals surface area contributed by atoms with Crippen LogP contribution in [0.3, 0.4) is 0 Å². The predicted molar refractivity (Wildman–Crippen MR) is 87.9 cm³/mol. The van der Waals surface area contributed by atoms with E-state index in [4.69, 9.17) is 11.6 Å². The zero-order valence-electron chi connectivity index (χ0n) is 11.6. The molecule has 0 saturated heterocycles. The molecular formula is C15H12ClN5S. The summed E-state index contributed by atoms with van der Waals surface area (Å²) in [6.07, 6.45) is 1.81. The van der Waals surface area contributed by atoms with Gasteiger partial charge >= 0.3 is 0 Å². The number of hydrogen-bond acceptors (Lipinski definition) is 5. The normalized spacial score (nSPS) is 14.0. The lowest BCUT2D eigenvalue weighted by Crippen LogP contribution is -2.31. The maximum Gasteiger partial charge on any atom is 0.194 e. The molecule has 0 amide bonds. The quantitative estimate of drug-likeness (QED) is 0.720. The first-order valence-corrected chi connectivity index (χ1v) is 8.15. The van der Waals surface area contributed by atoms with Gasteiger partial charge in [0.05, 0.1) is 5.88 Å². The van der Waals surface area contributed by atoms with Crippen molar-refractivity contribution < 1.29 is 0 Å². The molecule has 0 radical (unpaired) electrons. The maximum atomic E-state index is 6.09. The van der Waals surface area contributed by atoms with E-state index in [1.165, 1.54) is 0 Å². The van der Waals surface area contributed by atoms with E-state index in [-0.39, 0.29) is 0 Å². The number of rotatable bonds is 2. The van der Waals surface area contributed by atoms with Crippen molar-refractivity contribution in [2.24, 2.45) is 0 Å². The highest BCUT2D eigenvalue weighted by molar-refractivity contribution is 7.99. The summed E-state index contributed by atoms with van der Waals surface area (Å²) in [5.74, 6) is 2.59. The van der Waals surface area contributed by atoms with Gasteiger partial charge in [-0.1, -0.05) is 41.6 Å². The fraction of sp³-hybridized carbons (Fsp3) is 0.133. The van der Waals surface area contributed by atoms with E-state index < -0.39 is 0 Å². The van der Waals surface area contributed by atoms with Crippen LogP contribution in [0, 0.1) is 0 Å². The lowest BCUT2D eigenvalue weighted by molar-refractivity contribution is 0.603. The number of aromatic nitrogens is 4. The molecule has 110 valence electrons. The van der Waals surface area contributed by atoms with Crippen molar-refractivity contribution in [3.05, 3.63) is 53.7 Å². The standard InChI is InChI=1S/C15H12ClN5S/c16-12-5-3-4-11(8-12)14-18-19-15-21(14)9-20(10-22-15)13-6-1-2-7-17-13/h1-8H,9-10H2. The van der Waals surface area contributed by atoms with E-state index in [1.807, 2.05) is 42.5 Å². The van der Waals surface area contributed by atoms with E-state index in [0.29, 0.717) is 11.7 Å². The van der Waals surface area contributed by atoms with E-state index >= 15 is 0 Å². The van der Waals surface area contributed by atoms with Crippen molar-refractivity contribution in [1.29, 1.82) is 0 Å². The third-order valence-electron chi connectivity index (χ3n) is 3.43. The molecule has 7 heteroatoms. The Morgan fingerprint density at radius 2 is 2.05 bits per heavy atom. The predicted octanol–water partition coefficient (Wildman–Crippen LogP) is 3.52. The van der Waals surface area contributed by atoms with Crippen LogP contribution in [0.5, 0.6) is 0 Å². The first-order valence-electron chi connectivity index (χ1n) is 6.79. The minimum absolute atomic E-state index is 0.675. The van der Waals surface area contributed by atoms with Crippen LogP contribution in [0.4, 0.5) is 5.82 Å². The molecule has 1 aliphatic rings. The van der Waals surface area contributed by atoms with Gasteiger partial charge in [-0.05, 0) is 24.3 Å². The number of pyridine rings is 1. The van der Waals surface area contributed by atoms with Crippen LogP contribution in [0.2, 0.25) is 5.02 Å². The third kappa shape index (κ3) is 2.44. The van der Waals surface area contributed by atoms with E-state index in [9.17, 15) is 0 Å². The molecule has 0 saturated carbocycles. The van der Waals surface area contributed by atoms with Crippen molar-refractivity contribution in [1.82, 2.24) is 19.7 Å². The second kappa shape index (κ2) is 5.62. The SMILES string of the molecule is Clc1cccc(-c2nnc3n2CN(c2ccccn2)CS3)c1.